The summed E-state index contributed by atoms with van der Waals surface area (Å²) < 4.78 is 11.8. The average Bonchev–Trinajstić information content (AvgIpc) is 2.98. The minimum absolute atomic E-state index is 0.0413. The molecule has 2 heterocycles. The van der Waals surface area contributed by atoms with Crippen LogP contribution in [0.2, 0.25) is 0 Å². The zero-order chi connectivity index (χ0) is 18.1. The van der Waals surface area contributed by atoms with E-state index in [1.165, 1.54) is 5.56 Å². The SMILES string of the molecule is C=CCN1CC[C@]23c4c5ccc(COC)c4O[C@H]2[C@@H](O)CC[C@@]3(O)[C@H]1C5. The molecule has 1 saturated heterocycles. The Morgan fingerprint density at radius 2 is 2.27 bits per heavy atom. The Kier molecular flexibility index (Phi) is 3.58. The number of aliphatic hydroxyl groups is 2. The molecule has 1 saturated carbocycles. The van der Waals surface area contributed by atoms with Crippen molar-refractivity contribution in [3.63, 3.8) is 0 Å². The monoisotopic (exact) mass is 357 g/mol. The molecule has 1 spiro atoms. The predicted octanol–water partition coefficient (Wildman–Crippen LogP) is 1.53. The van der Waals surface area contributed by atoms with Crippen molar-refractivity contribution in [3.05, 3.63) is 41.5 Å². The smallest absolute Gasteiger partial charge is 0.137 e. The van der Waals surface area contributed by atoms with E-state index in [1.54, 1.807) is 7.11 Å². The molecule has 5 atom stereocenters. The molecule has 1 aromatic carbocycles. The first kappa shape index (κ1) is 16.8. The number of ether oxygens (including phenoxy) is 2. The van der Waals surface area contributed by atoms with Crippen LogP contribution in [-0.2, 0) is 23.2 Å². The average molecular weight is 357 g/mol. The van der Waals surface area contributed by atoms with Gasteiger partial charge in [-0.2, -0.15) is 0 Å². The number of methoxy groups -OCH3 is 1. The maximum absolute atomic E-state index is 12.0. The van der Waals surface area contributed by atoms with Gasteiger partial charge in [0.15, 0.2) is 0 Å². The summed E-state index contributed by atoms with van der Waals surface area (Å²) in [7, 11) is 1.68. The van der Waals surface area contributed by atoms with Gasteiger partial charge in [0.1, 0.15) is 11.9 Å². The molecule has 0 aromatic heterocycles. The molecule has 2 bridgehead atoms. The first-order chi connectivity index (χ1) is 12.6. The summed E-state index contributed by atoms with van der Waals surface area (Å²) in [6.45, 7) is 6.04. The Bertz CT molecular complexity index is 765. The van der Waals surface area contributed by atoms with Crippen molar-refractivity contribution >= 4 is 0 Å². The normalized spacial score (nSPS) is 40.0. The van der Waals surface area contributed by atoms with E-state index in [1.807, 2.05) is 6.08 Å². The van der Waals surface area contributed by atoms with Gasteiger partial charge in [0.2, 0.25) is 0 Å². The molecular weight excluding hydrogens is 330 g/mol. The summed E-state index contributed by atoms with van der Waals surface area (Å²) in [6, 6.07) is 4.29. The molecule has 2 N–H and O–H groups in total. The predicted molar refractivity (Wildman–Crippen MR) is 97.3 cm³/mol. The second-order valence-corrected chi connectivity index (χ2v) is 8.31. The highest BCUT2D eigenvalue weighted by Crippen LogP contribution is 2.64. The number of hydrogen-bond acceptors (Lipinski definition) is 5. The van der Waals surface area contributed by atoms with Crippen LogP contribution in [0.1, 0.15) is 36.0 Å². The summed E-state index contributed by atoms with van der Waals surface area (Å²) in [6.07, 6.45) is 3.80. The van der Waals surface area contributed by atoms with Crippen LogP contribution in [0, 0.1) is 0 Å². The van der Waals surface area contributed by atoms with E-state index in [-0.39, 0.29) is 12.1 Å². The maximum atomic E-state index is 12.0. The molecule has 5 heteroatoms. The van der Waals surface area contributed by atoms with Crippen molar-refractivity contribution in [2.24, 2.45) is 0 Å². The summed E-state index contributed by atoms with van der Waals surface area (Å²) in [5.41, 5.74) is 2.02. The highest BCUT2D eigenvalue weighted by Gasteiger charge is 2.72. The van der Waals surface area contributed by atoms with E-state index in [0.29, 0.717) is 19.4 Å². The van der Waals surface area contributed by atoms with Gasteiger partial charge >= 0.3 is 0 Å². The zero-order valence-electron chi connectivity index (χ0n) is 15.3. The van der Waals surface area contributed by atoms with Crippen LogP contribution < -0.4 is 4.74 Å². The second-order valence-electron chi connectivity index (χ2n) is 8.31. The van der Waals surface area contributed by atoms with Crippen molar-refractivity contribution < 1.29 is 19.7 Å². The lowest BCUT2D eigenvalue weighted by molar-refractivity contribution is -0.206. The van der Waals surface area contributed by atoms with Gasteiger partial charge in [0.05, 0.1) is 23.7 Å². The van der Waals surface area contributed by atoms with Crippen LogP contribution in [0.5, 0.6) is 5.75 Å². The number of hydrogen-bond donors (Lipinski definition) is 2. The van der Waals surface area contributed by atoms with Gasteiger partial charge in [-0.3, -0.25) is 4.90 Å². The number of aliphatic hydroxyl groups excluding tert-OH is 1. The van der Waals surface area contributed by atoms with Crippen LogP contribution in [0.3, 0.4) is 0 Å². The minimum atomic E-state index is -0.873. The lowest BCUT2D eigenvalue weighted by Gasteiger charge is -2.63. The molecule has 140 valence electrons. The second kappa shape index (κ2) is 5.55. The molecule has 0 radical (unpaired) electrons. The van der Waals surface area contributed by atoms with Crippen molar-refractivity contribution in [1.82, 2.24) is 4.90 Å². The van der Waals surface area contributed by atoms with Crippen molar-refractivity contribution in [2.45, 2.75) is 61.6 Å². The lowest BCUT2D eigenvalue weighted by atomic mass is 9.48. The molecule has 26 heavy (non-hydrogen) atoms. The Hall–Kier alpha value is -1.40. The maximum Gasteiger partial charge on any atom is 0.137 e. The van der Waals surface area contributed by atoms with Crippen molar-refractivity contribution in [1.29, 1.82) is 0 Å². The highest BCUT2D eigenvalue weighted by atomic mass is 16.5. The molecular formula is C21H27NO4. The number of benzene rings is 1. The molecule has 4 aliphatic rings. The third kappa shape index (κ3) is 1.80. The number of nitrogens with zero attached hydrogens (tertiary/aromatic N) is 1. The van der Waals surface area contributed by atoms with Gasteiger partial charge in [-0.05, 0) is 37.8 Å². The fraction of sp³-hybridized carbons (Fsp3) is 0.619. The highest BCUT2D eigenvalue weighted by molar-refractivity contribution is 5.60. The lowest BCUT2D eigenvalue weighted by Crippen LogP contribution is -2.77. The minimum Gasteiger partial charge on any atom is -0.486 e. The Labute approximate surface area is 154 Å². The van der Waals surface area contributed by atoms with Gasteiger partial charge in [0, 0.05) is 30.8 Å². The van der Waals surface area contributed by atoms with E-state index in [9.17, 15) is 10.2 Å². The number of likely N-dealkylation sites (tertiary alicyclic amines) is 1. The van der Waals surface area contributed by atoms with E-state index in [0.717, 1.165) is 42.8 Å². The standard InChI is InChI=1S/C21H27NO4/c1-3-9-22-10-8-20-17-13-4-5-14(12-25-2)18(17)26-19(20)15(23)6-7-21(20,24)16(22)11-13/h3-5,15-16,19,23-24H,1,6-12H2,2H3/t15-,16+,19-,20-,21+/m0/s1. The number of rotatable bonds is 4. The van der Waals surface area contributed by atoms with Gasteiger partial charge in [-0.15, -0.1) is 6.58 Å². The van der Waals surface area contributed by atoms with Crippen LogP contribution in [0.25, 0.3) is 0 Å². The molecule has 2 fully saturated rings. The largest absolute Gasteiger partial charge is 0.486 e. The first-order valence-corrected chi connectivity index (χ1v) is 9.63. The molecule has 2 aliphatic carbocycles. The topological polar surface area (TPSA) is 62.2 Å². The van der Waals surface area contributed by atoms with Gasteiger partial charge in [-0.1, -0.05) is 18.2 Å². The van der Waals surface area contributed by atoms with Crippen LogP contribution in [0.4, 0.5) is 0 Å². The molecule has 5 rings (SSSR count). The fourth-order valence-electron chi connectivity index (χ4n) is 6.33. The van der Waals surface area contributed by atoms with E-state index >= 15 is 0 Å². The van der Waals surface area contributed by atoms with E-state index in [4.69, 9.17) is 9.47 Å². The van der Waals surface area contributed by atoms with Gasteiger partial charge in [0.25, 0.3) is 0 Å². The molecule has 2 aliphatic heterocycles. The number of piperidine rings is 1. The fourth-order valence-corrected chi connectivity index (χ4v) is 6.33. The summed E-state index contributed by atoms with van der Waals surface area (Å²) in [4.78, 5) is 2.36. The van der Waals surface area contributed by atoms with Crippen molar-refractivity contribution in [2.75, 3.05) is 20.2 Å². The third-order valence-corrected chi connectivity index (χ3v) is 7.31. The summed E-state index contributed by atoms with van der Waals surface area (Å²) in [5.74, 6) is 0.851. The summed E-state index contributed by atoms with van der Waals surface area (Å²) >= 11 is 0. The Balaban J connectivity index is 1.74. The van der Waals surface area contributed by atoms with E-state index < -0.39 is 17.1 Å². The van der Waals surface area contributed by atoms with Gasteiger partial charge in [-0.25, -0.2) is 0 Å². The van der Waals surface area contributed by atoms with Crippen LogP contribution in [-0.4, -0.2) is 59.2 Å². The molecule has 0 amide bonds. The Morgan fingerprint density at radius 1 is 1.42 bits per heavy atom. The molecule has 0 unspecified atom stereocenters. The summed E-state index contributed by atoms with van der Waals surface area (Å²) in [5, 5.41) is 22.8. The molecule has 5 nitrogen and oxygen atoms in total. The third-order valence-electron chi connectivity index (χ3n) is 7.31. The Morgan fingerprint density at radius 3 is 3.04 bits per heavy atom. The first-order valence-electron chi connectivity index (χ1n) is 9.63. The molecule has 1 aromatic rings. The van der Waals surface area contributed by atoms with Crippen LogP contribution >= 0.6 is 0 Å². The van der Waals surface area contributed by atoms with E-state index in [2.05, 4.69) is 23.6 Å². The van der Waals surface area contributed by atoms with Gasteiger partial charge < -0.3 is 19.7 Å². The quantitative estimate of drug-likeness (QED) is 0.801. The van der Waals surface area contributed by atoms with Crippen LogP contribution in [0.15, 0.2) is 24.8 Å². The zero-order valence-corrected chi connectivity index (χ0v) is 15.3. The van der Waals surface area contributed by atoms with Crippen molar-refractivity contribution in [3.8, 4) is 5.75 Å².